The molecule has 0 unspecified atom stereocenters. The summed E-state index contributed by atoms with van der Waals surface area (Å²) >= 11 is 2.01. The first-order valence-electron chi connectivity index (χ1n) is 7.03. The Kier molecular flexibility index (Phi) is 4.08. The van der Waals surface area contributed by atoms with E-state index in [-0.39, 0.29) is 4.75 Å². The monoisotopic (exact) mass is 263 g/mol. The van der Waals surface area contributed by atoms with Crippen LogP contribution < -0.4 is 5.73 Å². The number of nitrogens with two attached hydrogens (primary N) is 1. The average molecular weight is 263 g/mol. The maximum Gasteiger partial charge on any atom is 0.0340 e. The minimum absolute atomic E-state index is 0.290. The highest BCUT2D eigenvalue weighted by molar-refractivity contribution is 8.00. The smallest absolute Gasteiger partial charge is 0.0340 e. The Labute approximate surface area is 116 Å². The van der Waals surface area contributed by atoms with E-state index in [1.54, 1.807) is 0 Å². The van der Waals surface area contributed by atoms with E-state index in [2.05, 4.69) is 45.0 Å². The molecule has 0 saturated heterocycles. The third-order valence-electron chi connectivity index (χ3n) is 4.69. The van der Waals surface area contributed by atoms with Gasteiger partial charge in [-0.05, 0) is 36.8 Å². The van der Waals surface area contributed by atoms with Crippen molar-refractivity contribution in [2.45, 2.75) is 56.1 Å². The lowest BCUT2D eigenvalue weighted by atomic mass is 9.58. The van der Waals surface area contributed by atoms with Gasteiger partial charge in [-0.2, -0.15) is 0 Å². The molecular weight excluding hydrogens is 238 g/mol. The van der Waals surface area contributed by atoms with Crippen LogP contribution in [0.2, 0.25) is 0 Å². The minimum Gasteiger partial charge on any atom is -0.329 e. The fourth-order valence-corrected chi connectivity index (χ4v) is 4.91. The number of thioether (sulfide) groups is 1. The van der Waals surface area contributed by atoms with Gasteiger partial charge in [0, 0.05) is 16.2 Å². The summed E-state index contributed by atoms with van der Waals surface area (Å²) in [5.74, 6) is 0. The number of hydrogen-bond donors (Lipinski definition) is 1. The van der Waals surface area contributed by atoms with Crippen LogP contribution >= 0.6 is 11.8 Å². The van der Waals surface area contributed by atoms with Crippen LogP contribution in [-0.2, 0) is 0 Å². The predicted molar refractivity (Wildman–Crippen MR) is 81.1 cm³/mol. The van der Waals surface area contributed by atoms with Gasteiger partial charge in [-0.3, -0.25) is 0 Å². The summed E-state index contributed by atoms with van der Waals surface area (Å²) in [5.41, 5.74) is 8.02. The van der Waals surface area contributed by atoms with E-state index in [0.717, 1.165) is 6.54 Å². The van der Waals surface area contributed by atoms with E-state index < -0.39 is 0 Å². The third-order valence-corrected chi connectivity index (χ3v) is 6.25. The van der Waals surface area contributed by atoms with Crippen molar-refractivity contribution in [1.82, 2.24) is 0 Å². The largest absolute Gasteiger partial charge is 0.329 e. The van der Waals surface area contributed by atoms with Crippen molar-refractivity contribution in [1.29, 1.82) is 0 Å². The lowest BCUT2D eigenvalue weighted by Crippen LogP contribution is -2.53. The topological polar surface area (TPSA) is 26.0 Å². The SMILES string of the molecule is CCC1(CC)CC(CN)(Sc2ccccc2C)C1. The van der Waals surface area contributed by atoms with E-state index in [1.165, 1.54) is 36.1 Å². The highest BCUT2D eigenvalue weighted by atomic mass is 32.2. The van der Waals surface area contributed by atoms with Gasteiger partial charge in [0.05, 0.1) is 0 Å². The molecule has 1 saturated carbocycles. The van der Waals surface area contributed by atoms with Crippen molar-refractivity contribution in [3.05, 3.63) is 29.8 Å². The summed E-state index contributed by atoms with van der Waals surface area (Å²) in [6.45, 7) is 7.64. The van der Waals surface area contributed by atoms with Crippen LogP contribution in [0.25, 0.3) is 0 Å². The highest BCUT2D eigenvalue weighted by Gasteiger charge is 2.52. The van der Waals surface area contributed by atoms with Gasteiger partial charge in [0.25, 0.3) is 0 Å². The van der Waals surface area contributed by atoms with Crippen molar-refractivity contribution in [2.75, 3.05) is 6.54 Å². The number of benzene rings is 1. The average Bonchev–Trinajstić information content (AvgIpc) is 2.36. The van der Waals surface area contributed by atoms with Crippen molar-refractivity contribution in [3.63, 3.8) is 0 Å². The Morgan fingerprint density at radius 3 is 2.28 bits per heavy atom. The second kappa shape index (κ2) is 5.26. The van der Waals surface area contributed by atoms with E-state index in [9.17, 15) is 0 Å². The Morgan fingerprint density at radius 2 is 1.78 bits per heavy atom. The fraction of sp³-hybridized carbons (Fsp3) is 0.625. The Hall–Kier alpha value is -0.470. The molecule has 0 amide bonds. The molecule has 0 heterocycles. The molecule has 0 radical (unpaired) electrons. The maximum absolute atomic E-state index is 6.08. The van der Waals surface area contributed by atoms with Crippen LogP contribution in [0.1, 0.15) is 45.1 Å². The van der Waals surface area contributed by atoms with E-state index in [0.29, 0.717) is 5.41 Å². The van der Waals surface area contributed by atoms with Crippen molar-refractivity contribution >= 4 is 11.8 Å². The molecule has 0 atom stereocenters. The van der Waals surface area contributed by atoms with Gasteiger partial charge in [0.2, 0.25) is 0 Å². The number of aryl methyl sites for hydroxylation is 1. The van der Waals surface area contributed by atoms with Crippen LogP contribution in [0.3, 0.4) is 0 Å². The lowest BCUT2D eigenvalue weighted by Gasteiger charge is -2.55. The molecule has 1 aromatic rings. The first kappa shape index (κ1) is 14.0. The molecule has 0 spiro atoms. The molecule has 1 aliphatic rings. The fourth-order valence-electron chi connectivity index (χ4n) is 3.23. The number of rotatable bonds is 5. The summed E-state index contributed by atoms with van der Waals surface area (Å²) in [4.78, 5) is 1.41. The summed E-state index contributed by atoms with van der Waals surface area (Å²) in [7, 11) is 0. The molecule has 2 heteroatoms. The van der Waals surface area contributed by atoms with E-state index in [4.69, 9.17) is 5.73 Å². The van der Waals surface area contributed by atoms with Gasteiger partial charge >= 0.3 is 0 Å². The Balaban J connectivity index is 2.11. The van der Waals surface area contributed by atoms with Gasteiger partial charge < -0.3 is 5.73 Å². The molecular formula is C16H25NS. The molecule has 18 heavy (non-hydrogen) atoms. The maximum atomic E-state index is 6.08. The normalized spacial score (nSPS) is 20.4. The zero-order chi connectivity index (χ0) is 13.2. The van der Waals surface area contributed by atoms with Crippen LogP contribution in [0.5, 0.6) is 0 Å². The summed E-state index contributed by atoms with van der Waals surface area (Å²) in [5, 5.41) is 0. The molecule has 0 aliphatic heterocycles. The second-order valence-corrected chi connectivity index (χ2v) is 7.33. The van der Waals surface area contributed by atoms with Gasteiger partial charge in [-0.15, -0.1) is 11.8 Å². The molecule has 2 N–H and O–H groups in total. The first-order chi connectivity index (χ1) is 8.59. The Morgan fingerprint density at radius 1 is 1.17 bits per heavy atom. The molecule has 0 aromatic heterocycles. The molecule has 0 bridgehead atoms. The highest BCUT2D eigenvalue weighted by Crippen LogP contribution is 2.60. The summed E-state index contributed by atoms with van der Waals surface area (Å²) < 4.78 is 0.290. The standard InChI is InChI=1S/C16H25NS/c1-4-15(5-2)10-16(11-15,12-17)18-14-9-7-6-8-13(14)3/h6-9H,4-5,10-12,17H2,1-3H3. The quantitative estimate of drug-likeness (QED) is 0.853. The van der Waals surface area contributed by atoms with E-state index in [1.807, 2.05) is 11.8 Å². The lowest BCUT2D eigenvalue weighted by molar-refractivity contribution is 0.0750. The van der Waals surface area contributed by atoms with Crippen LogP contribution in [0.4, 0.5) is 0 Å². The van der Waals surface area contributed by atoms with Crippen LogP contribution in [0, 0.1) is 12.3 Å². The van der Waals surface area contributed by atoms with Crippen molar-refractivity contribution in [3.8, 4) is 0 Å². The zero-order valence-corrected chi connectivity index (χ0v) is 12.6. The summed E-state index contributed by atoms with van der Waals surface area (Å²) in [6.07, 6.45) is 5.14. The Bertz CT molecular complexity index is 401. The number of hydrogen-bond acceptors (Lipinski definition) is 2. The van der Waals surface area contributed by atoms with Gasteiger partial charge in [-0.1, -0.05) is 44.9 Å². The van der Waals surface area contributed by atoms with Crippen molar-refractivity contribution in [2.24, 2.45) is 11.1 Å². The molecule has 100 valence electrons. The first-order valence-corrected chi connectivity index (χ1v) is 7.85. The van der Waals surface area contributed by atoms with E-state index >= 15 is 0 Å². The third kappa shape index (κ3) is 2.46. The van der Waals surface area contributed by atoms with Crippen molar-refractivity contribution < 1.29 is 0 Å². The van der Waals surface area contributed by atoms with Crippen LogP contribution in [-0.4, -0.2) is 11.3 Å². The van der Waals surface area contributed by atoms with Gasteiger partial charge in [0.15, 0.2) is 0 Å². The minimum atomic E-state index is 0.290. The predicted octanol–water partition coefficient (Wildman–Crippen LogP) is 4.38. The molecule has 1 fully saturated rings. The molecule has 1 nitrogen and oxygen atoms in total. The summed E-state index contributed by atoms with van der Waals surface area (Å²) in [6, 6.07) is 8.66. The van der Waals surface area contributed by atoms with Gasteiger partial charge in [0.1, 0.15) is 0 Å². The van der Waals surface area contributed by atoms with Gasteiger partial charge in [-0.25, -0.2) is 0 Å². The second-order valence-electron chi connectivity index (χ2n) is 5.82. The molecule has 1 aliphatic carbocycles. The zero-order valence-electron chi connectivity index (χ0n) is 11.8. The van der Waals surface area contributed by atoms with Crippen LogP contribution in [0.15, 0.2) is 29.2 Å². The molecule has 2 rings (SSSR count). The molecule has 1 aromatic carbocycles.